The summed E-state index contributed by atoms with van der Waals surface area (Å²) >= 11 is 0. The summed E-state index contributed by atoms with van der Waals surface area (Å²) in [5, 5.41) is 26.2. The van der Waals surface area contributed by atoms with Crippen LogP contribution in [-0.4, -0.2) is 28.3 Å². The summed E-state index contributed by atoms with van der Waals surface area (Å²) in [5.41, 5.74) is 4.75. The number of aliphatic carboxylic acids is 1. The number of hydrogen-bond acceptors (Lipinski definition) is 4. The van der Waals surface area contributed by atoms with Gasteiger partial charge in [0.2, 0.25) is 0 Å². The first-order valence-electron chi connectivity index (χ1n) is 3.89. The Hall–Kier alpha value is -1.59. The summed E-state index contributed by atoms with van der Waals surface area (Å²) in [5.74, 6) is -1.27. The molecule has 0 aliphatic carbocycles. The van der Waals surface area contributed by atoms with E-state index >= 15 is 0 Å². The van der Waals surface area contributed by atoms with Crippen LogP contribution in [0.3, 0.4) is 0 Å². The maximum Gasteiger partial charge on any atom is 0.337 e. The van der Waals surface area contributed by atoms with Crippen molar-refractivity contribution in [2.45, 2.75) is 6.10 Å². The van der Waals surface area contributed by atoms with E-state index in [9.17, 15) is 4.79 Å². The van der Waals surface area contributed by atoms with Crippen LogP contribution in [0, 0.1) is 0 Å². The lowest BCUT2D eigenvalue weighted by molar-refractivity contribution is -0.146. The molecule has 0 heterocycles. The SMILES string of the molecule is CN.O=C(O)C(O)c1ccc(O)cc1. The Labute approximate surface area is 81.4 Å². The maximum atomic E-state index is 10.3. The zero-order chi connectivity index (χ0) is 11.1. The molecule has 5 heteroatoms. The minimum Gasteiger partial charge on any atom is -0.508 e. The molecule has 14 heavy (non-hydrogen) atoms. The van der Waals surface area contributed by atoms with Crippen molar-refractivity contribution < 1.29 is 20.1 Å². The molecule has 1 aromatic carbocycles. The number of carboxylic acids is 1. The van der Waals surface area contributed by atoms with Gasteiger partial charge < -0.3 is 21.1 Å². The quantitative estimate of drug-likeness (QED) is 0.540. The van der Waals surface area contributed by atoms with Gasteiger partial charge in [0.15, 0.2) is 6.10 Å². The number of rotatable bonds is 2. The first-order valence-corrected chi connectivity index (χ1v) is 3.89. The monoisotopic (exact) mass is 199 g/mol. The van der Waals surface area contributed by atoms with Crippen molar-refractivity contribution in [2.24, 2.45) is 5.73 Å². The zero-order valence-corrected chi connectivity index (χ0v) is 7.71. The Morgan fingerprint density at radius 3 is 2.07 bits per heavy atom. The molecule has 5 nitrogen and oxygen atoms in total. The highest BCUT2D eigenvalue weighted by molar-refractivity contribution is 5.74. The summed E-state index contributed by atoms with van der Waals surface area (Å²) in [7, 11) is 1.50. The molecule has 5 N–H and O–H groups in total. The fourth-order valence-corrected chi connectivity index (χ4v) is 0.799. The molecule has 1 unspecified atom stereocenters. The topological polar surface area (TPSA) is 104 Å². The van der Waals surface area contributed by atoms with Crippen molar-refractivity contribution in [3.8, 4) is 5.75 Å². The molecule has 1 atom stereocenters. The summed E-state index contributed by atoms with van der Waals surface area (Å²) in [6.07, 6.45) is -1.52. The average molecular weight is 199 g/mol. The number of aromatic hydroxyl groups is 1. The van der Waals surface area contributed by atoms with Gasteiger partial charge in [-0.2, -0.15) is 0 Å². The Morgan fingerprint density at radius 1 is 1.29 bits per heavy atom. The first-order chi connectivity index (χ1) is 6.61. The Morgan fingerprint density at radius 2 is 1.71 bits per heavy atom. The van der Waals surface area contributed by atoms with E-state index in [1.807, 2.05) is 0 Å². The minimum atomic E-state index is -1.52. The first kappa shape index (κ1) is 12.4. The molecule has 0 aliphatic heterocycles. The molecule has 0 saturated heterocycles. The van der Waals surface area contributed by atoms with Crippen LogP contribution in [0.25, 0.3) is 0 Å². The maximum absolute atomic E-state index is 10.3. The summed E-state index contributed by atoms with van der Waals surface area (Å²) in [4.78, 5) is 10.3. The lowest BCUT2D eigenvalue weighted by Gasteiger charge is -2.04. The van der Waals surface area contributed by atoms with E-state index in [4.69, 9.17) is 15.3 Å². The third-order valence-electron chi connectivity index (χ3n) is 1.44. The molecule has 1 aromatic rings. The normalized spacial score (nSPS) is 11.1. The number of benzene rings is 1. The molecule has 0 bridgehead atoms. The second-order valence-electron chi connectivity index (χ2n) is 2.33. The highest BCUT2D eigenvalue weighted by Gasteiger charge is 2.14. The van der Waals surface area contributed by atoms with Crippen LogP contribution < -0.4 is 5.73 Å². The van der Waals surface area contributed by atoms with Crippen molar-refractivity contribution in [1.82, 2.24) is 0 Å². The number of phenols is 1. The molecule has 0 aliphatic rings. The van der Waals surface area contributed by atoms with Crippen LogP contribution in [0.5, 0.6) is 5.75 Å². The van der Waals surface area contributed by atoms with Crippen molar-refractivity contribution in [3.05, 3.63) is 29.8 Å². The van der Waals surface area contributed by atoms with E-state index in [0.717, 1.165) is 0 Å². The second-order valence-corrected chi connectivity index (χ2v) is 2.33. The van der Waals surface area contributed by atoms with Crippen LogP contribution in [0.2, 0.25) is 0 Å². The number of aliphatic hydroxyl groups excluding tert-OH is 1. The fourth-order valence-electron chi connectivity index (χ4n) is 0.799. The number of carbonyl (C=O) groups is 1. The van der Waals surface area contributed by atoms with Crippen molar-refractivity contribution in [2.75, 3.05) is 7.05 Å². The molecule has 78 valence electrons. The van der Waals surface area contributed by atoms with E-state index in [1.54, 1.807) is 0 Å². The van der Waals surface area contributed by atoms with Crippen LogP contribution >= 0.6 is 0 Å². The van der Waals surface area contributed by atoms with Gasteiger partial charge in [0.1, 0.15) is 5.75 Å². The molecule has 0 fully saturated rings. The molecule has 0 aromatic heterocycles. The number of hydrogen-bond donors (Lipinski definition) is 4. The Bertz CT molecular complexity index is 283. The van der Waals surface area contributed by atoms with Crippen molar-refractivity contribution >= 4 is 5.97 Å². The van der Waals surface area contributed by atoms with E-state index in [2.05, 4.69) is 5.73 Å². The predicted molar refractivity (Wildman–Crippen MR) is 50.8 cm³/mol. The largest absolute Gasteiger partial charge is 0.508 e. The van der Waals surface area contributed by atoms with E-state index in [0.29, 0.717) is 0 Å². The number of phenolic OH excluding ortho intramolecular Hbond substituents is 1. The molecular weight excluding hydrogens is 186 g/mol. The van der Waals surface area contributed by atoms with Crippen LogP contribution in [0.1, 0.15) is 11.7 Å². The highest BCUT2D eigenvalue weighted by atomic mass is 16.4. The summed E-state index contributed by atoms with van der Waals surface area (Å²) in [6, 6.07) is 5.35. The van der Waals surface area contributed by atoms with Gasteiger partial charge in [-0.25, -0.2) is 4.79 Å². The molecule has 1 rings (SSSR count). The van der Waals surface area contributed by atoms with Gasteiger partial charge in [-0.05, 0) is 24.7 Å². The highest BCUT2D eigenvalue weighted by Crippen LogP contribution is 2.16. The molecule has 0 saturated carbocycles. The van der Waals surface area contributed by atoms with Gasteiger partial charge in [0, 0.05) is 0 Å². The number of nitrogens with two attached hydrogens (primary N) is 1. The molecular formula is C9H13NO4. The average Bonchev–Trinajstić information content (AvgIpc) is 2.21. The smallest absolute Gasteiger partial charge is 0.337 e. The van der Waals surface area contributed by atoms with Crippen molar-refractivity contribution in [1.29, 1.82) is 0 Å². The number of aliphatic hydroxyl groups is 1. The Kier molecular flexibility index (Phi) is 5.28. The Balaban J connectivity index is 0.000000791. The van der Waals surface area contributed by atoms with E-state index in [1.165, 1.54) is 31.3 Å². The number of carboxylic acid groups (broad SMARTS) is 1. The van der Waals surface area contributed by atoms with Gasteiger partial charge in [-0.3, -0.25) is 0 Å². The third kappa shape index (κ3) is 3.42. The van der Waals surface area contributed by atoms with E-state index < -0.39 is 12.1 Å². The van der Waals surface area contributed by atoms with Gasteiger partial charge >= 0.3 is 5.97 Å². The van der Waals surface area contributed by atoms with Crippen molar-refractivity contribution in [3.63, 3.8) is 0 Å². The standard InChI is InChI=1S/C8H8O4.CH5N/c9-6-3-1-5(2-4-6)7(10)8(11)12;1-2/h1-4,7,9-10H,(H,11,12);2H2,1H3. The summed E-state index contributed by atoms with van der Waals surface area (Å²) < 4.78 is 0. The van der Waals surface area contributed by atoms with Gasteiger partial charge in [0.05, 0.1) is 0 Å². The molecule has 0 spiro atoms. The van der Waals surface area contributed by atoms with Gasteiger partial charge in [-0.15, -0.1) is 0 Å². The lowest BCUT2D eigenvalue weighted by atomic mass is 10.1. The second kappa shape index (κ2) is 5.95. The summed E-state index contributed by atoms with van der Waals surface area (Å²) in [6.45, 7) is 0. The van der Waals surface area contributed by atoms with E-state index in [-0.39, 0.29) is 11.3 Å². The molecule has 0 amide bonds. The van der Waals surface area contributed by atoms with Crippen LogP contribution in [0.15, 0.2) is 24.3 Å². The third-order valence-corrected chi connectivity index (χ3v) is 1.44. The molecule has 0 radical (unpaired) electrons. The fraction of sp³-hybridized carbons (Fsp3) is 0.222. The van der Waals surface area contributed by atoms with Gasteiger partial charge in [-0.1, -0.05) is 12.1 Å². The zero-order valence-electron chi connectivity index (χ0n) is 7.71. The van der Waals surface area contributed by atoms with Gasteiger partial charge in [0.25, 0.3) is 0 Å². The lowest BCUT2D eigenvalue weighted by Crippen LogP contribution is -2.09. The minimum absolute atomic E-state index is 0.0383. The van der Waals surface area contributed by atoms with Crippen LogP contribution in [-0.2, 0) is 4.79 Å². The predicted octanol–water partition coefficient (Wildman–Crippen LogP) is 0.0851. The van der Waals surface area contributed by atoms with Crippen LogP contribution in [0.4, 0.5) is 0 Å².